The van der Waals surface area contributed by atoms with E-state index in [0.717, 1.165) is 25.1 Å². The molecule has 1 aliphatic rings. The largest absolute Gasteiger partial charge is 0.391 e. The average molecular weight is 236 g/mol. The topological polar surface area (TPSA) is 38.0 Å². The Labute approximate surface area is 104 Å². The van der Waals surface area contributed by atoms with Gasteiger partial charge in [-0.3, -0.25) is 0 Å². The summed E-state index contributed by atoms with van der Waals surface area (Å²) in [5.74, 6) is 1.49. The quantitative estimate of drug-likeness (QED) is 0.856. The van der Waals surface area contributed by atoms with Crippen LogP contribution in [0.15, 0.2) is 12.4 Å². The molecular weight excluding hydrogens is 212 g/mol. The van der Waals surface area contributed by atoms with Crippen molar-refractivity contribution >= 4 is 0 Å². The number of aliphatic hydroxyl groups is 1. The first-order valence-electron chi connectivity index (χ1n) is 6.61. The highest BCUT2D eigenvalue weighted by molar-refractivity contribution is 5.03. The van der Waals surface area contributed by atoms with Crippen molar-refractivity contribution in [1.82, 2.24) is 9.55 Å². The van der Waals surface area contributed by atoms with Crippen LogP contribution in [0.3, 0.4) is 0 Å². The molecule has 1 saturated carbocycles. The second-order valence-electron chi connectivity index (χ2n) is 6.39. The minimum absolute atomic E-state index is 0.193. The summed E-state index contributed by atoms with van der Waals surface area (Å²) in [7, 11) is 0. The molecule has 3 nitrogen and oxygen atoms in total. The van der Waals surface area contributed by atoms with Crippen LogP contribution >= 0.6 is 0 Å². The Hall–Kier alpha value is -0.830. The molecule has 1 aromatic rings. The fourth-order valence-electron chi connectivity index (χ4n) is 2.87. The lowest BCUT2D eigenvalue weighted by molar-refractivity contribution is 0.0265. The van der Waals surface area contributed by atoms with Gasteiger partial charge in [0.1, 0.15) is 5.82 Å². The SMILES string of the molecule is CC(C)c1nccn1C1CC(C)(C)CCC1O. The van der Waals surface area contributed by atoms with E-state index in [1.54, 1.807) is 0 Å². The molecule has 17 heavy (non-hydrogen) atoms. The standard InChI is InChI=1S/C14H24N2O/c1-10(2)13-15-7-8-16(13)11-9-14(3,4)6-5-12(11)17/h7-8,10-12,17H,5-6,9H2,1-4H3. The molecule has 0 bridgehead atoms. The summed E-state index contributed by atoms with van der Waals surface area (Å²) in [4.78, 5) is 4.42. The number of rotatable bonds is 2. The van der Waals surface area contributed by atoms with Gasteiger partial charge in [-0.1, -0.05) is 27.7 Å². The zero-order chi connectivity index (χ0) is 12.6. The number of hydrogen-bond donors (Lipinski definition) is 1. The van der Waals surface area contributed by atoms with Gasteiger partial charge in [0, 0.05) is 18.3 Å². The molecule has 0 aromatic carbocycles. The van der Waals surface area contributed by atoms with Crippen LogP contribution in [-0.4, -0.2) is 20.8 Å². The van der Waals surface area contributed by atoms with Gasteiger partial charge in [-0.15, -0.1) is 0 Å². The third-order valence-corrected chi connectivity index (χ3v) is 3.90. The van der Waals surface area contributed by atoms with Crippen LogP contribution < -0.4 is 0 Å². The van der Waals surface area contributed by atoms with Crippen molar-refractivity contribution in [3.8, 4) is 0 Å². The lowest BCUT2D eigenvalue weighted by Crippen LogP contribution is -2.35. The summed E-state index contributed by atoms with van der Waals surface area (Å²) in [5, 5.41) is 10.2. The van der Waals surface area contributed by atoms with Crippen molar-refractivity contribution < 1.29 is 5.11 Å². The summed E-state index contributed by atoms with van der Waals surface area (Å²) in [5.41, 5.74) is 0.322. The van der Waals surface area contributed by atoms with E-state index in [0.29, 0.717) is 11.3 Å². The lowest BCUT2D eigenvalue weighted by atomic mass is 9.73. The third-order valence-electron chi connectivity index (χ3n) is 3.90. The first-order valence-corrected chi connectivity index (χ1v) is 6.61. The van der Waals surface area contributed by atoms with Crippen molar-refractivity contribution in [2.24, 2.45) is 5.41 Å². The maximum atomic E-state index is 10.2. The predicted octanol–water partition coefficient (Wildman–Crippen LogP) is 3.12. The number of aromatic nitrogens is 2. The summed E-state index contributed by atoms with van der Waals surface area (Å²) in [6.07, 6.45) is 6.68. The fourth-order valence-corrected chi connectivity index (χ4v) is 2.87. The highest BCUT2D eigenvalue weighted by atomic mass is 16.3. The highest BCUT2D eigenvalue weighted by Gasteiger charge is 2.35. The maximum absolute atomic E-state index is 10.2. The minimum Gasteiger partial charge on any atom is -0.391 e. The van der Waals surface area contributed by atoms with Crippen LogP contribution in [0.25, 0.3) is 0 Å². The molecule has 1 heterocycles. The Kier molecular flexibility index (Phi) is 3.30. The van der Waals surface area contributed by atoms with Crippen LogP contribution in [0.5, 0.6) is 0 Å². The van der Waals surface area contributed by atoms with E-state index in [-0.39, 0.29) is 12.1 Å². The van der Waals surface area contributed by atoms with E-state index in [1.807, 2.05) is 12.4 Å². The molecule has 0 spiro atoms. The van der Waals surface area contributed by atoms with Crippen LogP contribution in [0.4, 0.5) is 0 Å². The number of nitrogens with zero attached hydrogens (tertiary/aromatic N) is 2. The van der Waals surface area contributed by atoms with Crippen LogP contribution in [-0.2, 0) is 0 Å². The summed E-state index contributed by atoms with van der Waals surface area (Å²) >= 11 is 0. The molecule has 0 saturated heterocycles. The van der Waals surface area contributed by atoms with Crippen molar-refractivity contribution in [3.05, 3.63) is 18.2 Å². The van der Waals surface area contributed by atoms with Gasteiger partial charge in [0.2, 0.25) is 0 Å². The number of aliphatic hydroxyl groups excluding tert-OH is 1. The van der Waals surface area contributed by atoms with E-state index < -0.39 is 0 Å². The van der Waals surface area contributed by atoms with Gasteiger partial charge in [0.05, 0.1) is 12.1 Å². The highest BCUT2D eigenvalue weighted by Crippen LogP contribution is 2.41. The van der Waals surface area contributed by atoms with Crippen molar-refractivity contribution in [2.45, 2.75) is 65.0 Å². The average Bonchev–Trinajstić information content (AvgIpc) is 2.70. The monoisotopic (exact) mass is 236 g/mol. The van der Waals surface area contributed by atoms with Gasteiger partial charge in [0.15, 0.2) is 0 Å². The molecule has 2 rings (SSSR count). The molecular formula is C14H24N2O. The van der Waals surface area contributed by atoms with Crippen LogP contribution in [0, 0.1) is 5.41 Å². The summed E-state index contributed by atoms with van der Waals surface area (Å²) in [6, 6.07) is 0.193. The van der Waals surface area contributed by atoms with E-state index in [4.69, 9.17) is 0 Å². The van der Waals surface area contributed by atoms with Gasteiger partial charge in [0.25, 0.3) is 0 Å². The van der Waals surface area contributed by atoms with Gasteiger partial charge in [-0.25, -0.2) is 4.98 Å². The third kappa shape index (κ3) is 2.54. The second kappa shape index (κ2) is 4.45. The summed E-state index contributed by atoms with van der Waals surface area (Å²) < 4.78 is 2.19. The van der Waals surface area contributed by atoms with E-state index in [2.05, 4.69) is 37.2 Å². The van der Waals surface area contributed by atoms with Crippen molar-refractivity contribution in [3.63, 3.8) is 0 Å². The molecule has 2 atom stereocenters. The molecule has 2 unspecified atom stereocenters. The smallest absolute Gasteiger partial charge is 0.111 e. The molecule has 1 N–H and O–H groups in total. The van der Waals surface area contributed by atoms with E-state index in [9.17, 15) is 5.11 Å². The molecule has 3 heteroatoms. The van der Waals surface area contributed by atoms with Gasteiger partial charge < -0.3 is 9.67 Å². The Morgan fingerprint density at radius 3 is 2.82 bits per heavy atom. The zero-order valence-electron chi connectivity index (χ0n) is 11.3. The molecule has 1 aliphatic carbocycles. The molecule has 0 radical (unpaired) electrons. The Morgan fingerprint density at radius 1 is 1.47 bits per heavy atom. The maximum Gasteiger partial charge on any atom is 0.111 e. The van der Waals surface area contributed by atoms with Gasteiger partial charge in [-0.2, -0.15) is 0 Å². The summed E-state index contributed by atoms with van der Waals surface area (Å²) in [6.45, 7) is 8.88. The molecule has 1 aromatic heterocycles. The Bertz CT molecular complexity index is 381. The van der Waals surface area contributed by atoms with Gasteiger partial charge >= 0.3 is 0 Å². The number of hydrogen-bond acceptors (Lipinski definition) is 2. The second-order valence-corrected chi connectivity index (χ2v) is 6.39. The first kappa shape index (κ1) is 12.6. The minimum atomic E-state index is -0.227. The lowest BCUT2D eigenvalue weighted by Gasteiger charge is -2.39. The van der Waals surface area contributed by atoms with E-state index >= 15 is 0 Å². The number of imidazole rings is 1. The molecule has 0 amide bonds. The predicted molar refractivity (Wildman–Crippen MR) is 69.0 cm³/mol. The molecule has 96 valence electrons. The van der Waals surface area contributed by atoms with Crippen molar-refractivity contribution in [2.75, 3.05) is 0 Å². The molecule has 1 fully saturated rings. The normalized spacial score (nSPS) is 28.6. The van der Waals surface area contributed by atoms with Gasteiger partial charge in [-0.05, 0) is 24.7 Å². The van der Waals surface area contributed by atoms with E-state index in [1.165, 1.54) is 0 Å². The zero-order valence-corrected chi connectivity index (χ0v) is 11.3. The fraction of sp³-hybridized carbons (Fsp3) is 0.786. The Balaban J connectivity index is 2.28. The Morgan fingerprint density at radius 2 is 2.18 bits per heavy atom. The van der Waals surface area contributed by atoms with Crippen LogP contribution in [0.1, 0.15) is 64.7 Å². The van der Waals surface area contributed by atoms with Crippen LogP contribution in [0.2, 0.25) is 0 Å². The molecule has 0 aliphatic heterocycles. The van der Waals surface area contributed by atoms with Crippen molar-refractivity contribution in [1.29, 1.82) is 0 Å². The first-order chi connectivity index (χ1) is 7.91.